The van der Waals surface area contributed by atoms with Crippen molar-refractivity contribution in [3.8, 4) is 0 Å². The van der Waals surface area contributed by atoms with Gasteiger partial charge in [0.05, 0.1) is 5.92 Å². The molecule has 2 nitrogen and oxygen atoms in total. The van der Waals surface area contributed by atoms with E-state index in [4.69, 9.17) is 0 Å². The SMILES string of the molecule is CC(CCNC(C)(C)C)N1CCCC(C(F)(F)F)C1. The predicted octanol–water partition coefficient (Wildman–Crippen LogP) is 3.43. The molecule has 19 heavy (non-hydrogen) atoms. The van der Waals surface area contributed by atoms with Crippen LogP contribution in [0.1, 0.15) is 47.0 Å². The quantitative estimate of drug-likeness (QED) is 0.849. The number of hydrogen-bond acceptors (Lipinski definition) is 2. The van der Waals surface area contributed by atoms with Gasteiger partial charge in [0.1, 0.15) is 0 Å². The molecular weight excluding hydrogens is 253 g/mol. The summed E-state index contributed by atoms with van der Waals surface area (Å²) in [7, 11) is 0. The Kier molecular flexibility index (Phi) is 5.68. The molecule has 114 valence electrons. The van der Waals surface area contributed by atoms with Crippen LogP contribution in [-0.4, -0.2) is 42.3 Å². The Morgan fingerprint density at radius 3 is 2.42 bits per heavy atom. The lowest BCUT2D eigenvalue weighted by Gasteiger charge is -2.37. The van der Waals surface area contributed by atoms with Gasteiger partial charge in [-0.2, -0.15) is 13.2 Å². The van der Waals surface area contributed by atoms with Crippen molar-refractivity contribution in [2.24, 2.45) is 5.92 Å². The predicted molar refractivity (Wildman–Crippen MR) is 72.2 cm³/mol. The Labute approximate surface area is 114 Å². The number of hydrogen-bond donors (Lipinski definition) is 1. The Hall–Kier alpha value is -0.290. The molecular formula is C14H27F3N2. The highest BCUT2D eigenvalue weighted by atomic mass is 19.4. The second kappa shape index (κ2) is 6.44. The Morgan fingerprint density at radius 2 is 1.89 bits per heavy atom. The fraction of sp³-hybridized carbons (Fsp3) is 1.00. The highest BCUT2D eigenvalue weighted by molar-refractivity contribution is 4.81. The number of rotatable bonds is 4. The molecule has 0 aromatic carbocycles. The van der Waals surface area contributed by atoms with Crippen LogP contribution in [-0.2, 0) is 0 Å². The second-order valence-corrected chi connectivity index (χ2v) is 6.69. The molecule has 2 atom stereocenters. The number of likely N-dealkylation sites (tertiary alicyclic amines) is 1. The van der Waals surface area contributed by atoms with Gasteiger partial charge in [0.15, 0.2) is 0 Å². The van der Waals surface area contributed by atoms with Crippen molar-refractivity contribution in [3.05, 3.63) is 0 Å². The van der Waals surface area contributed by atoms with Crippen LogP contribution in [0.15, 0.2) is 0 Å². The smallest absolute Gasteiger partial charge is 0.312 e. The third kappa shape index (κ3) is 6.13. The van der Waals surface area contributed by atoms with Crippen LogP contribution < -0.4 is 5.32 Å². The van der Waals surface area contributed by atoms with Gasteiger partial charge in [0.25, 0.3) is 0 Å². The van der Waals surface area contributed by atoms with Crippen molar-refractivity contribution in [2.75, 3.05) is 19.6 Å². The van der Waals surface area contributed by atoms with Gasteiger partial charge in [-0.1, -0.05) is 0 Å². The summed E-state index contributed by atoms with van der Waals surface area (Å²) in [5, 5.41) is 3.38. The topological polar surface area (TPSA) is 15.3 Å². The van der Waals surface area contributed by atoms with Gasteiger partial charge in [-0.25, -0.2) is 0 Å². The van der Waals surface area contributed by atoms with E-state index in [0.717, 1.165) is 19.5 Å². The molecule has 1 heterocycles. The maximum atomic E-state index is 12.7. The lowest BCUT2D eigenvalue weighted by atomic mass is 9.96. The fourth-order valence-corrected chi connectivity index (χ4v) is 2.51. The molecule has 0 aromatic heterocycles. The molecule has 0 radical (unpaired) electrons. The number of piperidine rings is 1. The summed E-state index contributed by atoms with van der Waals surface area (Å²) in [6, 6.07) is 0.208. The number of nitrogens with zero attached hydrogens (tertiary/aromatic N) is 1. The molecule has 1 saturated heterocycles. The minimum Gasteiger partial charge on any atom is -0.312 e. The molecule has 1 fully saturated rings. The van der Waals surface area contributed by atoms with Crippen LogP contribution in [0.25, 0.3) is 0 Å². The highest BCUT2D eigenvalue weighted by Crippen LogP contribution is 2.33. The lowest BCUT2D eigenvalue weighted by molar-refractivity contribution is -0.188. The minimum atomic E-state index is -4.04. The summed E-state index contributed by atoms with van der Waals surface area (Å²) in [5.41, 5.74) is 0.0656. The van der Waals surface area contributed by atoms with Gasteiger partial charge in [-0.15, -0.1) is 0 Å². The summed E-state index contributed by atoms with van der Waals surface area (Å²) in [6.45, 7) is 10.1. The molecule has 0 bridgehead atoms. The summed E-state index contributed by atoms with van der Waals surface area (Å²) in [5.74, 6) is -1.14. The zero-order valence-corrected chi connectivity index (χ0v) is 12.5. The van der Waals surface area contributed by atoms with Crippen LogP contribution in [0.2, 0.25) is 0 Å². The molecule has 0 amide bonds. The maximum absolute atomic E-state index is 12.7. The molecule has 0 saturated carbocycles. The molecule has 1 aliphatic heterocycles. The van der Waals surface area contributed by atoms with Crippen molar-refractivity contribution >= 4 is 0 Å². The van der Waals surface area contributed by atoms with E-state index in [2.05, 4.69) is 26.1 Å². The summed E-state index contributed by atoms with van der Waals surface area (Å²) >= 11 is 0. The van der Waals surface area contributed by atoms with Crippen LogP contribution >= 0.6 is 0 Å². The second-order valence-electron chi connectivity index (χ2n) is 6.69. The summed E-state index contributed by atoms with van der Waals surface area (Å²) in [4.78, 5) is 1.99. The normalized spacial score (nSPS) is 24.5. The Bertz CT molecular complexity index is 271. The lowest BCUT2D eigenvalue weighted by Crippen LogP contribution is -2.47. The van der Waals surface area contributed by atoms with Crippen molar-refractivity contribution in [1.82, 2.24) is 10.2 Å². The van der Waals surface area contributed by atoms with E-state index in [1.165, 1.54) is 0 Å². The maximum Gasteiger partial charge on any atom is 0.393 e. The van der Waals surface area contributed by atoms with Crippen molar-refractivity contribution in [3.63, 3.8) is 0 Å². The molecule has 5 heteroatoms. The molecule has 1 N–H and O–H groups in total. The van der Waals surface area contributed by atoms with Gasteiger partial charge < -0.3 is 10.2 Å². The Morgan fingerprint density at radius 1 is 1.26 bits per heavy atom. The first-order valence-corrected chi connectivity index (χ1v) is 7.15. The van der Waals surface area contributed by atoms with Crippen LogP contribution in [0.5, 0.6) is 0 Å². The monoisotopic (exact) mass is 280 g/mol. The summed E-state index contributed by atoms with van der Waals surface area (Å²) in [6.07, 6.45) is -2.21. The first-order valence-electron chi connectivity index (χ1n) is 7.15. The van der Waals surface area contributed by atoms with E-state index in [9.17, 15) is 13.2 Å². The molecule has 1 aliphatic rings. The summed E-state index contributed by atoms with van der Waals surface area (Å²) < 4.78 is 38.2. The van der Waals surface area contributed by atoms with E-state index >= 15 is 0 Å². The van der Waals surface area contributed by atoms with E-state index in [0.29, 0.717) is 6.42 Å². The van der Waals surface area contributed by atoms with Gasteiger partial charge >= 0.3 is 6.18 Å². The van der Waals surface area contributed by atoms with Gasteiger partial charge in [0.2, 0.25) is 0 Å². The van der Waals surface area contributed by atoms with Crippen LogP contribution in [0.3, 0.4) is 0 Å². The number of alkyl halides is 3. The molecule has 0 spiro atoms. The zero-order chi connectivity index (χ0) is 14.7. The van der Waals surface area contributed by atoms with Crippen LogP contribution in [0, 0.1) is 5.92 Å². The van der Waals surface area contributed by atoms with Gasteiger partial charge in [0, 0.05) is 18.1 Å². The van der Waals surface area contributed by atoms with E-state index < -0.39 is 12.1 Å². The minimum absolute atomic E-state index is 0.0656. The first-order chi connectivity index (χ1) is 8.59. The fourth-order valence-electron chi connectivity index (χ4n) is 2.51. The van der Waals surface area contributed by atoms with E-state index in [1.54, 1.807) is 0 Å². The van der Waals surface area contributed by atoms with Gasteiger partial charge in [-0.05, 0) is 60.0 Å². The standard InChI is InChI=1S/C14H27F3N2/c1-11(7-8-18-13(2,3)4)19-9-5-6-12(10-19)14(15,16)17/h11-12,18H,5-10H2,1-4H3. The van der Waals surface area contributed by atoms with Crippen molar-refractivity contribution in [1.29, 1.82) is 0 Å². The number of halogens is 3. The first kappa shape index (κ1) is 16.8. The number of nitrogens with one attached hydrogen (secondary N) is 1. The zero-order valence-electron chi connectivity index (χ0n) is 12.5. The molecule has 2 unspecified atom stereocenters. The van der Waals surface area contributed by atoms with Crippen molar-refractivity contribution < 1.29 is 13.2 Å². The largest absolute Gasteiger partial charge is 0.393 e. The molecule has 1 rings (SSSR count). The average Bonchev–Trinajstić information content (AvgIpc) is 2.26. The molecule has 0 aliphatic carbocycles. The highest BCUT2D eigenvalue weighted by Gasteiger charge is 2.42. The Balaban J connectivity index is 2.38. The van der Waals surface area contributed by atoms with Crippen LogP contribution in [0.4, 0.5) is 13.2 Å². The van der Waals surface area contributed by atoms with E-state index in [1.807, 2.05) is 11.8 Å². The molecule has 0 aromatic rings. The van der Waals surface area contributed by atoms with Crippen molar-refractivity contribution in [2.45, 2.75) is 64.7 Å². The third-order valence-electron chi connectivity index (χ3n) is 3.76. The average molecular weight is 280 g/mol. The third-order valence-corrected chi connectivity index (χ3v) is 3.76. The van der Waals surface area contributed by atoms with Gasteiger partial charge in [-0.3, -0.25) is 0 Å². The van der Waals surface area contributed by atoms with E-state index in [-0.39, 0.29) is 24.5 Å².